The molecule has 0 saturated carbocycles. The molecule has 0 aliphatic rings. The number of aromatic nitrogens is 7. The molecule has 4 heterocycles. The first-order chi connectivity index (χ1) is 17.1. The summed E-state index contributed by atoms with van der Waals surface area (Å²) in [4.78, 5) is 24.7. The first-order valence-electron chi connectivity index (χ1n) is 10.6. The van der Waals surface area contributed by atoms with Crippen LogP contribution in [0.25, 0.3) is 33.2 Å². The molecular formula is C24H16FN9O. The molecule has 10 nitrogen and oxygen atoms in total. The Labute approximate surface area is 196 Å². The molecule has 4 N–H and O–H groups in total. The van der Waals surface area contributed by atoms with Crippen molar-refractivity contribution in [3.63, 3.8) is 0 Å². The minimum Gasteiger partial charge on any atom is -0.350 e. The number of nitrogens with zero attached hydrogens (tertiary/aromatic N) is 5. The van der Waals surface area contributed by atoms with Crippen LogP contribution >= 0.6 is 0 Å². The number of carbonyl (C=O) groups excluding carboxylic acids is 1. The van der Waals surface area contributed by atoms with Gasteiger partial charge in [-0.15, -0.1) is 5.10 Å². The largest absolute Gasteiger partial charge is 0.350 e. The van der Waals surface area contributed by atoms with Gasteiger partial charge >= 0.3 is 0 Å². The molecule has 35 heavy (non-hydrogen) atoms. The molecule has 11 heteroatoms. The molecule has 0 fully saturated rings. The number of nitrogens with one attached hydrogen (secondary N) is 4. The van der Waals surface area contributed by atoms with Gasteiger partial charge in [0.1, 0.15) is 17.2 Å². The number of benzene rings is 2. The summed E-state index contributed by atoms with van der Waals surface area (Å²) in [5, 5.41) is 21.3. The van der Waals surface area contributed by atoms with Crippen LogP contribution in [0.2, 0.25) is 0 Å². The Morgan fingerprint density at radius 2 is 1.89 bits per heavy atom. The molecule has 0 aliphatic carbocycles. The summed E-state index contributed by atoms with van der Waals surface area (Å²) in [6, 6.07) is 16.3. The minimum atomic E-state index is -0.852. The maximum Gasteiger partial charge on any atom is 0.272 e. The van der Waals surface area contributed by atoms with Gasteiger partial charge in [-0.25, -0.2) is 9.97 Å². The predicted octanol–water partition coefficient (Wildman–Crippen LogP) is 4.43. The average Bonchev–Trinajstić information content (AvgIpc) is 3.52. The summed E-state index contributed by atoms with van der Waals surface area (Å²) in [6.07, 6.45) is 4.74. The summed E-state index contributed by atoms with van der Waals surface area (Å²) in [6.45, 7) is 0. The third kappa shape index (κ3) is 4.02. The third-order valence-electron chi connectivity index (χ3n) is 5.42. The van der Waals surface area contributed by atoms with Crippen LogP contribution in [0.4, 0.5) is 21.6 Å². The number of halogens is 1. The monoisotopic (exact) mass is 465 g/mol. The van der Waals surface area contributed by atoms with E-state index in [9.17, 15) is 9.18 Å². The zero-order valence-electron chi connectivity index (χ0n) is 18.0. The van der Waals surface area contributed by atoms with Crippen molar-refractivity contribution < 1.29 is 9.18 Å². The number of hydrogen-bond donors (Lipinski definition) is 4. The van der Waals surface area contributed by atoms with Gasteiger partial charge in [0.15, 0.2) is 5.82 Å². The predicted molar refractivity (Wildman–Crippen MR) is 129 cm³/mol. The van der Waals surface area contributed by atoms with E-state index < -0.39 is 11.9 Å². The Hall–Kier alpha value is -5.19. The van der Waals surface area contributed by atoms with E-state index in [-0.39, 0.29) is 11.4 Å². The lowest BCUT2D eigenvalue weighted by atomic mass is 10.1. The van der Waals surface area contributed by atoms with Crippen LogP contribution in [0.5, 0.6) is 0 Å². The first kappa shape index (κ1) is 20.4. The maximum absolute atomic E-state index is 13.7. The van der Waals surface area contributed by atoms with Gasteiger partial charge in [-0.2, -0.15) is 14.6 Å². The Kier molecular flexibility index (Phi) is 4.84. The zero-order chi connectivity index (χ0) is 23.8. The number of rotatable bonds is 5. The van der Waals surface area contributed by atoms with Crippen molar-refractivity contribution in [1.82, 2.24) is 35.3 Å². The minimum absolute atomic E-state index is 0.0472. The van der Waals surface area contributed by atoms with E-state index in [0.29, 0.717) is 17.2 Å². The molecule has 6 aromatic rings. The Morgan fingerprint density at radius 1 is 0.943 bits per heavy atom. The van der Waals surface area contributed by atoms with Gasteiger partial charge in [0.25, 0.3) is 11.9 Å². The van der Waals surface area contributed by atoms with Gasteiger partial charge in [0, 0.05) is 33.7 Å². The molecular weight excluding hydrogens is 449 g/mol. The second-order valence-electron chi connectivity index (χ2n) is 7.74. The van der Waals surface area contributed by atoms with E-state index in [2.05, 4.69) is 46.0 Å². The zero-order valence-corrected chi connectivity index (χ0v) is 18.0. The highest BCUT2D eigenvalue weighted by molar-refractivity contribution is 6.06. The first-order valence-corrected chi connectivity index (χ1v) is 10.6. The highest BCUT2D eigenvalue weighted by Crippen LogP contribution is 2.25. The molecule has 0 saturated heterocycles. The lowest BCUT2D eigenvalue weighted by Crippen LogP contribution is -2.14. The highest BCUT2D eigenvalue weighted by Gasteiger charge is 2.14. The van der Waals surface area contributed by atoms with E-state index in [4.69, 9.17) is 0 Å². The lowest BCUT2D eigenvalue weighted by molar-refractivity contribution is 0.102. The van der Waals surface area contributed by atoms with Crippen LogP contribution in [0.15, 0.2) is 73.2 Å². The number of hydrogen-bond acceptors (Lipinski definition) is 7. The van der Waals surface area contributed by atoms with Crippen molar-refractivity contribution in [2.75, 3.05) is 10.6 Å². The molecule has 0 atom stereocenters. The quantitative estimate of drug-likeness (QED) is 0.296. The normalized spacial score (nSPS) is 11.1. The SMILES string of the molecule is O=C(Nc1ccnnc1F)c1cc2ccc(-c3nccc(Nc4ccc5[nH]ncc5c4)n3)cc2[nH]1. The Morgan fingerprint density at radius 3 is 2.80 bits per heavy atom. The summed E-state index contributed by atoms with van der Waals surface area (Å²) < 4.78 is 13.7. The average molecular weight is 465 g/mol. The van der Waals surface area contributed by atoms with E-state index in [1.807, 2.05) is 36.4 Å². The van der Waals surface area contributed by atoms with Crippen molar-refractivity contribution >= 4 is 44.9 Å². The smallest absolute Gasteiger partial charge is 0.272 e. The van der Waals surface area contributed by atoms with Crippen molar-refractivity contribution in [2.24, 2.45) is 0 Å². The Bertz CT molecular complexity index is 1710. The lowest BCUT2D eigenvalue weighted by Gasteiger charge is -2.07. The van der Waals surface area contributed by atoms with Crippen LogP contribution in [-0.4, -0.2) is 41.3 Å². The van der Waals surface area contributed by atoms with Crippen LogP contribution in [0.1, 0.15) is 10.5 Å². The second kappa shape index (κ2) is 8.30. The molecule has 0 unspecified atom stereocenters. The van der Waals surface area contributed by atoms with E-state index in [0.717, 1.165) is 27.5 Å². The molecule has 0 spiro atoms. The third-order valence-corrected chi connectivity index (χ3v) is 5.42. The van der Waals surface area contributed by atoms with Crippen molar-refractivity contribution in [3.05, 3.63) is 84.8 Å². The topological polar surface area (TPSA) is 137 Å². The Balaban J connectivity index is 1.25. The van der Waals surface area contributed by atoms with Crippen molar-refractivity contribution in [2.45, 2.75) is 0 Å². The van der Waals surface area contributed by atoms with Crippen molar-refractivity contribution in [1.29, 1.82) is 0 Å². The van der Waals surface area contributed by atoms with Gasteiger partial charge in [0.2, 0.25) is 0 Å². The second-order valence-corrected chi connectivity index (χ2v) is 7.74. The summed E-state index contributed by atoms with van der Waals surface area (Å²) >= 11 is 0. The van der Waals surface area contributed by atoms with Crippen LogP contribution < -0.4 is 10.6 Å². The van der Waals surface area contributed by atoms with Crippen LogP contribution in [-0.2, 0) is 0 Å². The molecule has 1 amide bonds. The van der Waals surface area contributed by atoms with E-state index in [1.54, 1.807) is 24.5 Å². The fourth-order valence-electron chi connectivity index (χ4n) is 3.72. The summed E-state index contributed by atoms with van der Waals surface area (Å²) in [5.74, 6) is -0.189. The van der Waals surface area contributed by atoms with Crippen LogP contribution in [0.3, 0.4) is 0 Å². The number of amides is 1. The van der Waals surface area contributed by atoms with Gasteiger partial charge in [-0.3, -0.25) is 9.89 Å². The number of carbonyl (C=O) groups is 1. The number of aromatic amines is 2. The number of fused-ring (bicyclic) bond motifs is 2. The fraction of sp³-hybridized carbons (Fsp3) is 0. The van der Waals surface area contributed by atoms with Gasteiger partial charge in [0.05, 0.1) is 17.9 Å². The molecule has 0 aliphatic heterocycles. The highest BCUT2D eigenvalue weighted by atomic mass is 19.1. The standard InChI is InChI=1S/C24H16FN9O/c25-22-18(5-8-27-34-22)31-24(35)20-10-13-1-2-14(11-19(13)30-20)23-26-7-6-21(32-23)29-16-3-4-17-15(9-16)12-28-33-17/h1-12,30H,(H,28,33)(H,26,29,32)(H,27,31,35). The molecule has 0 bridgehead atoms. The van der Waals surface area contributed by atoms with Gasteiger partial charge in [-0.05, 0) is 42.5 Å². The summed E-state index contributed by atoms with van der Waals surface area (Å²) in [7, 11) is 0. The van der Waals surface area contributed by atoms with Crippen LogP contribution in [0, 0.1) is 5.95 Å². The van der Waals surface area contributed by atoms with Crippen molar-refractivity contribution in [3.8, 4) is 11.4 Å². The molecule has 2 aromatic carbocycles. The molecule has 0 radical (unpaired) electrons. The molecule has 6 rings (SSSR count). The van der Waals surface area contributed by atoms with E-state index >= 15 is 0 Å². The maximum atomic E-state index is 13.7. The fourth-order valence-corrected chi connectivity index (χ4v) is 3.72. The summed E-state index contributed by atoms with van der Waals surface area (Å²) in [5.41, 5.74) is 3.54. The van der Waals surface area contributed by atoms with Gasteiger partial charge in [-0.1, -0.05) is 12.1 Å². The number of anilines is 3. The molecule has 4 aromatic heterocycles. The number of H-pyrrole nitrogens is 2. The van der Waals surface area contributed by atoms with Gasteiger partial charge < -0.3 is 15.6 Å². The molecule has 170 valence electrons. The van der Waals surface area contributed by atoms with E-state index in [1.165, 1.54) is 12.3 Å².